The second-order valence-corrected chi connectivity index (χ2v) is 8.07. The summed E-state index contributed by atoms with van der Waals surface area (Å²) in [7, 11) is 0. The first-order valence-corrected chi connectivity index (χ1v) is 10.5. The van der Waals surface area contributed by atoms with Gasteiger partial charge in [0.25, 0.3) is 0 Å². The Kier molecular flexibility index (Phi) is 6.02. The molecule has 0 fully saturated rings. The van der Waals surface area contributed by atoms with Gasteiger partial charge in [0.2, 0.25) is 0 Å². The molecular weight excluding hydrogens is 450 g/mol. The molecule has 146 valence electrons. The highest BCUT2D eigenvalue weighted by atomic mass is 79.9. The third kappa shape index (κ3) is 4.39. The number of amides is 1. The van der Waals surface area contributed by atoms with E-state index in [9.17, 15) is 4.79 Å². The average molecular weight is 469 g/mol. The van der Waals surface area contributed by atoms with E-state index in [4.69, 9.17) is 16.3 Å². The number of alkyl carbamates (subject to hydrolysis) is 1. The summed E-state index contributed by atoms with van der Waals surface area (Å²) < 4.78 is 6.43. The van der Waals surface area contributed by atoms with E-state index in [1.54, 1.807) is 0 Å². The van der Waals surface area contributed by atoms with E-state index >= 15 is 0 Å². The molecule has 0 heterocycles. The van der Waals surface area contributed by atoms with Crippen molar-refractivity contribution in [3.8, 4) is 11.1 Å². The predicted octanol–water partition coefficient (Wildman–Crippen LogP) is 6.65. The second kappa shape index (κ2) is 8.85. The molecule has 0 saturated carbocycles. The quantitative estimate of drug-likeness (QED) is 0.455. The molecule has 1 amide bonds. The van der Waals surface area contributed by atoms with E-state index in [0.29, 0.717) is 18.2 Å². The highest BCUT2D eigenvalue weighted by Crippen LogP contribution is 2.44. The van der Waals surface area contributed by atoms with Crippen molar-refractivity contribution in [2.75, 3.05) is 13.2 Å². The van der Waals surface area contributed by atoms with Crippen LogP contribution in [0.15, 0.2) is 77.3 Å². The maximum absolute atomic E-state index is 12.2. The van der Waals surface area contributed by atoms with Gasteiger partial charge in [-0.3, -0.25) is 0 Å². The van der Waals surface area contributed by atoms with E-state index in [1.807, 2.05) is 54.6 Å². The van der Waals surface area contributed by atoms with Crippen molar-refractivity contribution in [3.05, 3.63) is 99.0 Å². The standard InChI is InChI=1S/C24H19BrClNO2/c25-23-14-17(26)12-11-16(23)6-5-13-27-24(28)29-15-22-20-9-3-1-7-18(20)19-8-2-4-10-21(19)22/h1-12,14,22H,13,15H2,(H,27,28). The molecule has 1 aliphatic rings. The van der Waals surface area contributed by atoms with E-state index in [0.717, 1.165) is 10.0 Å². The van der Waals surface area contributed by atoms with Crippen LogP contribution in [0.4, 0.5) is 4.79 Å². The highest BCUT2D eigenvalue weighted by molar-refractivity contribution is 9.10. The molecule has 1 N–H and O–H groups in total. The highest BCUT2D eigenvalue weighted by Gasteiger charge is 2.28. The maximum Gasteiger partial charge on any atom is 0.407 e. The monoisotopic (exact) mass is 467 g/mol. The number of carbonyl (C=O) groups excluding carboxylic acids is 1. The Morgan fingerprint density at radius 1 is 1.03 bits per heavy atom. The molecule has 4 rings (SSSR count). The normalized spacial score (nSPS) is 12.6. The molecule has 1 aliphatic carbocycles. The van der Waals surface area contributed by atoms with Crippen molar-refractivity contribution in [2.24, 2.45) is 0 Å². The van der Waals surface area contributed by atoms with Crippen molar-refractivity contribution in [1.82, 2.24) is 5.32 Å². The summed E-state index contributed by atoms with van der Waals surface area (Å²) in [6.07, 6.45) is 3.37. The maximum atomic E-state index is 12.2. The number of hydrogen-bond donors (Lipinski definition) is 1. The number of rotatable bonds is 5. The van der Waals surface area contributed by atoms with Gasteiger partial charge in [-0.2, -0.15) is 0 Å². The molecule has 29 heavy (non-hydrogen) atoms. The SMILES string of the molecule is O=C(NCC=Cc1ccc(Cl)cc1Br)OCC1c2ccccc2-c2ccccc21. The minimum Gasteiger partial charge on any atom is -0.449 e. The number of fused-ring (bicyclic) bond motifs is 3. The smallest absolute Gasteiger partial charge is 0.407 e. The van der Waals surface area contributed by atoms with Crippen LogP contribution in [-0.2, 0) is 4.74 Å². The summed E-state index contributed by atoms with van der Waals surface area (Å²) in [6.45, 7) is 0.693. The number of halogens is 2. The first-order valence-electron chi connectivity index (χ1n) is 9.34. The summed E-state index contributed by atoms with van der Waals surface area (Å²) >= 11 is 9.41. The van der Waals surface area contributed by atoms with Crippen LogP contribution in [0.3, 0.4) is 0 Å². The lowest BCUT2D eigenvalue weighted by Crippen LogP contribution is -2.26. The molecule has 5 heteroatoms. The van der Waals surface area contributed by atoms with Crippen LogP contribution in [0.25, 0.3) is 17.2 Å². The molecule has 3 aromatic rings. The van der Waals surface area contributed by atoms with Gasteiger partial charge in [-0.1, -0.05) is 94.3 Å². The summed E-state index contributed by atoms with van der Waals surface area (Å²) in [5.41, 5.74) is 5.83. The van der Waals surface area contributed by atoms with Gasteiger partial charge >= 0.3 is 6.09 Å². The Bertz CT molecular complexity index is 1030. The van der Waals surface area contributed by atoms with Crippen LogP contribution in [-0.4, -0.2) is 19.2 Å². The number of ether oxygens (including phenoxy) is 1. The van der Waals surface area contributed by atoms with Gasteiger partial charge in [-0.15, -0.1) is 0 Å². The van der Waals surface area contributed by atoms with Crippen molar-refractivity contribution < 1.29 is 9.53 Å². The molecule has 0 bridgehead atoms. The van der Waals surface area contributed by atoms with Gasteiger partial charge in [0.1, 0.15) is 6.61 Å². The van der Waals surface area contributed by atoms with Crippen molar-refractivity contribution >= 4 is 39.7 Å². The Balaban J connectivity index is 1.34. The molecule has 0 radical (unpaired) electrons. The molecule has 0 aliphatic heterocycles. The predicted molar refractivity (Wildman–Crippen MR) is 121 cm³/mol. The summed E-state index contributed by atoms with van der Waals surface area (Å²) in [5, 5.41) is 3.44. The molecule has 0 saturated heterocycles. The van der Waals surface area contributed by atoms with Crippen molar-refractivity contribution in [1.29, 1.82) is 0 Å². The zero-order chi connectivity index (χ0) is 20.2. The molecule has 0 atom stereocenters. The van der Waals surface area contributed by atoms with Crippen LogP contribution in [0.2, 0.25) is 5.02 Å². The topological polar surface area (TPSA) is 38.3 Å². The van der Waals surface area contributed by atoms with Gasteiger partial charge < -0.3 is 10.1 Å². The fraction of sp³-hybridized carbons (Fsp3) is 0.125. The van der Waals surface area contributed by atoms with Crippen LogP contribution in [0, 0.1) is 0 Å². The lowest BCUT2D eigenvalue weighted by Gasteiger charge is -2.14. The number of hydrogen-bond acceptors (Lipinski definition) is 2. The summed E-state index contributed by atoms with van der Waals surface area (Å²) in [4.78, 5) is 12.2. The minimum absolute atomic E-state index is 0.0636. The van der Waals surface area contributed by atoms with Crippen molar-refractivity contribution in [2.45, 2.75) is 5.92 Å². The first kappa shape index (κ1) is 19.7. The van der Waals surface area contributed by atoms with E-state index < -0.39 is 6.09 Å². The Morgan fingerprint density at radius 3 is 2.34 bits per heavy atom. The number of benzene rings is 3. The lowest BCUT2D eigenvalue weighted by atomic mass is 9.98. The van der Waals surface area contributed by atoms with Crippen LogP contribution < -0.4 is 5.32 Å². The fourth-order valence-electron chi connectivity index (χ4n) is 3.61. The van der Waals surface area contributed by atoms with Gasteiger partial charge in [-0.05, 0) is 39.9 Å². The van der Waals surface area contributed by atoms with Crippen LogP contribution in [0.5, 0.6) is 0 Å². The van der Waals surface area contributed by atoms with Gasteiger partial charge in [0.05, 0.1) is 0 Å². The second-order valence-electron chi connectivity index (χ2n) is 6.77. The van der Waals surface area contributed by atoms with Gasteiger partial charge in [0, 0.05) is 22.0 Å². The lowest BCUT2D eigenvalue weighted by molar-refractivity contribution is 0.144. The van der Waals surface area contributed by atoms with Gasteiger partial charge in [-0.25, -0.2) is 4.79 Å². The number of nitrogens with one attached hydrogen (secondary N) is 1. The minimum atomic E-state index is -0.424. The third-order valence-corrected chi connectivity index (χ3v) is 5.89. The van der Waals surface area contributed by atoms with Crippen LogP contribution in [0.1, 0.15) is 22.6 Å². The number of carbonyl (C=O) groups is 1. The zero-order valence-corrected chi connectivity index (χ0v) is 17.9. The molecule has 0 aromatic heterocycles. The Hall–Kier alpha value is -2.56. The Labute approximate surface area is 183 Å². The third-order valence-electron chi connectivity index (χ3n) is 4.97. The molecule has 0 spiro atoms. The van der Waals surface area contributed by atoms with Crippen molar-refractivity contribution in [3.63, 3.8) is 0 Å². The largest absolute Gasteiger partial charge is 0.449 e. The Morgan fingerprint density at radius 2 is 1.69 bits per heavy atom. The zero-order valence-electron chi connectivity index (χ0n) is 15.6. The average Bonchev–Trinajstić information content (AvgIpc) is 3.05. The van der Waals surface area contributed by atoms with E-state index in [-0.39, 0.29) is 5.92 Å². The molecule has 3 nitrogen and oxygen atoms in total. The summed E-state index contributed by atoms with van der Waals surface area (Å²) in [6, 6.07) is 22.1. The molecule has 0 unspecified atom stereocenters. The van der Waals surface area contributed by atoms with Crippen LogP contribution >= 0.6 is 27.5 Å². The van der Waals surface area contributed by atoms with Gasteiger partial charge in [0.15, 0.2) is 0 Å². The van der Waals surface area contributed by atoms with E-state index in [2.05, 4.69) is 45.5 Å². The molecular formula is C24H19BrClNO2. The first-order chi connectivity index (χ1) is 14.1. The molecule has 3 aromatic carbocycles. The fourth-order valence-corrected chi connectivity index (χ4v) is 4.43. The summed E-state index contributed by atoms with van der Waals surface area (Å²) in [5.74, 6) is 0.0636. The van der Waals surface area contributed by atoms with E-state index in [1.165, 1.54) is 22.3 Å².